The number of hydrogen-bond donors (Lipinski definition) is 1. The van der Waals surface area contributed by atoms with Crippen LogP contribution in [0.3, 0.4) is 0 Å². The van der Waals surface area contributed by atoms with E-state index in [1.165, 1.54) is 6.07 Å². The highest BCUT2D eigenvalue weighted by Gasteiger charge is 2.12. The van der Waals surface area contributed by atoms with Crippen LogP contribution in [0.15, 0.2) is 36.7 Å². The van der Waals surface area contributed by atoms with Gasteiger partial charge in [0.15, 0.2) is 11.6 Å². The molecule has 6 heteroatoms. The molecule has 4 nitrogen and oxygen atoms in total. The molecule has 2 heterocycles. The Hall–Kier alpha value is -2.63. The highest BCUT2D eigenvalue weighted by Crippen LogP contribution is 2.25. The molecule has 0 aliphatic carbocycles. The van der Waals surface area contributed by atoms with Gasteiger partial charge < -0.3 is 5.32 Å². The third kappa shape index (κ3) is 2.72. The van der Waals surface area contributed by atoms with E-state index >= 15 is 0 Å². The molecular weight excluding hydrogens is 286 g/mol. The Morgan fingerprint density at radius 1 is 1.09 bits per heavy atom. The van der Waals surface area contributed by atoms with Gasteiger partial charge in [0, 0.05) is 11.6 Å². The molecule has 0 bridgehead atoms. The Labute approximate surface area is 126 Å². The average Bonchev–Trinajstić information content (AvgIpc) is 2.49. The normalized spacial score (nSPS) is 12.4. The standard InChI is InChI=1S/C16H14F2N4/c1-9(11-3-4-13(17)14(18)7-11)20-16-12-5-6-19-8-15(12)21-10(2)22-16/h3-9H,1-2H3,(H,20,21,22)/t9-/m1/s1. The smallest absolute Gasteiger partial charge is 0.159 e. The van der Waals surface area contributed by atoms with Crippen molar-refractivity contribution in [1.82, 2.24) is 15.0 Å². The number of benzene rings is 1. The zero-order valence-electron chi connectivity index (χ0n) is 12.1. The highest BCUT2D eigenvalue weighted by atomic mass is 19.2. The fourth-order valence-electron chi connectivity index (χ4n) is 2.28. The summed E-state index contributed by atoms with van der Waals surface area (Å²) in [5.41, 5.74) is 1.37. The molecule has 0 fully saturated rings. The van der Waals surface area contributed by atoms with Crippen LogP contribution >= 0.6 is 0 Å². The van der Waals surface area contributed by atoms with E-state index in [9.17, 15) is 8.78 Å². The van der Waals surface area contributed by atoms with Gasteiger partial charge in [-0.3, -0.25) is 4.98 Å². The lowest BCUT2D eigenvalue weighted by Crippen LogP contribution is -2.10. The van der Waals surface area contributed by atoms with Crippen molar-refractivity contribution < 1.29 is 8.78 Å². The van der Waals surface area contributed by atoms with Gasteiger partial charge in [-0.1, -0.05) is 6.07 Å². The van der Waals surface area contributed by atoms with E-state index in [1.807, 2.05) is 13.0 Å². The first-order valence-corrected chi connectivity index (χ1v) is 6.84. The van der Waals surface area contributed by atoms with Crippen molar-refractivity contribution in [1.29, 1.82) is 0 Å². The van der Waals surface area contributed by atoms with Crippen molar-refractivity contribution in [2.24, 2.45) is 0 Å². The second-order valence-electron chi connectivity index (χ2n) is 5.05. The van der Waals surface area contributed by atoms with Gasteiger partial charge in [-0.05, 0) is 37.6 Å². The maximum atomic E-state index is 13.4. The quantitative estimate of drug-likeness (QED) is 0.799. The summed E-state index contributed by atoms with van der Waals surface area (Å²) in [7, 11) is 0. The Balaban J connectivity index is 1.97. The number of nitrogens with zero attached hydrogens (tertiary/aromatic N) is 3. The molecule has 112 valence electrons. The summed E-state index contributed by atoms with van der Waals surface area (Å²) < 4.78 is 26.4. The summed E-state index contributed by atoms with van der Waals surface area (Å²) in [6.07, 6.45) is 3.33. The Bertz CT molecular complexity index is 835. The van der Waals surface area contributed by atoms with Crippen molar-refractivity contribution in [3.8, 4) is 0 Å². The number of pyridine rings is 1. The van der Waals surface area contributed by atoms with Crippen LogP contribution in [0.4, 0.5) is 14.6 Å². The number of nitrogens with one attached hydrogen (secondary N) is 1. The van der Waals surface area contributed by atoms with Gasteiger partial charge in [-0.15, -0.1) is 0 Å². The predicted octanol–water partition coefficient (Wildman–Crippen LogP) is 3.78. The SMILES string of the molecule is Cc1nc(N[C@H](C)c2ccc(F)c(F)c2)c2ccncc2n1. The van der Waals surface area contributed by atoms with Crippen molar-refractivity contribution in [2.45, 2.75) is 19.9 Å². The van der Waals surface area contributed by atoms with Crippen LogP contribution in [-0.4, -0.2) is 15.0 Å². The number of aromatic nitrogens is 3. The molecule has 3 rings (SSSR count). The van der Waals surface area contributed by atoms with Crippen LogP contribution in [0.5, 0.6) is 0 Å². The summed E-state index contributed by atoms with van der Waals surface area (Å²) in [4.78, 5) is 12.8. The van der Waals surface area contributed by atoms with Crippen LogP contribution in [0.1, 0.15) is 24.4 Å². The lowest BCUT2D eigenvalue weighted by Gasteiger charge is -2.17. The van der Waals surface area contributed by atoms with Gasteiger partial charge in [0.25, 0.3) is 0 Å². The maximum absolute atomic E-state index is 13.4. The molecule has 0 amide bonds. The zero-order valence-corrected chi connectivity index (χ0v) is 12.1. The number of halogens is 2. The van der Waals surface area contributed by atoms with E-state index in [4.69, 9.17) is 0 Å². The zero-order chi connectivity index (χ0) is 15.7. The molecule has 0 spiro atoms. The summed E-state index contributed by atoms with van der Waals surface area (Å²) in [5.74, 6) is -0.466. The predicted molar refractivity (Wildman–Crippen MR) is 80.5 cm³/mol. The number of aryl methyl sites for hydroxylation is 1. The van der Waals surface area contributed by atoms with Crippen LogP contribution in [0.25, 0.3) is 10.9 Å². The fraction of sp³-hybridized carbons (Fsp3) is 0.188. The first-order valence-electron chi connectivity index (χ1n) is 6.84. The molecule has 22 heavy (non-hydrogen) atoms. The van der Waals surface area contributed by atoms with E-state index in [-0.39, 0.29) is 6.04 Å². The first-order chi connectivity index (χ1) is 10.5. The summed E-state index contributed by atoms with van der Waals surface area (Å²) in [6.45, 7) is 3.65. The molecule has 3 aromatic rings. The van der Waals surface area contributed by atoms with E-state index in [2.05, 4.69) is 20.3 Å². The summed E-state index contributed by atoms with van der Waals surface area (Å²) >= 11 is 0. The number of hydrogen-bond acceptors (Lipinski definition) is 4. The minimum atomic E-state index is -0.862. The van der Waals surface area contributed by atoms with Gasteiger partial charge in [0.05, 0.1) is 17.8 Å². The minimum absolute atomic E-state index is 0.235. The largest absolute Gasteiger partial charge is 0.363 e. The van der Waals surface area contributed by atoms with Crippen LogP contribution in [0.2, 0.25) is 0 Å². The fourth-order valence-corrected chi connectivity index (χ4v) is 2.28. The number of anilines is 1. The number of fused-ring (bicyclic) bond motifs is 1. The third-order valence-corrected chi connectivity index (χ3v) is 3.41. The second kappa shape index (κ2) is 5.63. The Kier molecular flexibility index (Phi) is 3.66. The van der Waals surface area contributed by atoms with Gasteiger partial charge in [-0.2, -0.15) is 0 Å². The van der Waals surface area contributed by atoms with Gasteiger partial charge >= 0.3 is 0 Å². The number of rotatable bonds is 3. The van der Waals surface area contributed by atoms with Gasteiger partial charge in [0.1, 0.15) is 11.6 Å². The van der Waals surface area contributed by atoms with E-state index in [0.717, 1.165) is 17.0 Å². The lowest BCUT2D eigenvalue weighted by molar-refractivity contribution is 0.506. The van der Waals surface area contributed by atoms with Crippen molar-refractivity contribution >= 4 is 16.7 Å². The Morgan fingerprint density at radius 2 is 1.91 bits per heavy atom. The molecule has 0 saturated heterocycles. The Morgan fingerprint density at radius 3 is 2.68 bits per heavy atom. The van der Waals surface area contributed by atoms with E-state index < -0.39 is 11.6 Å². The minimum Gasteiger partial charge on any atom is -0.363 e. The molecule has 0 aliphatic heterocycles. The van der Waals surface area contributed by atoms with Crippen LogP contribution in [-0.2, 0) is 0 Å². The first kappa shape index (κ1) is 14.3. The summed E-state index contributed by atoms with van der Waals surface area (Å²) in [6, 6.07) is 5.44. The second-order valence-corrected chi connectivity index (χ2v) is 5.05. The molecule has 1 atom stereocenters. The van der Waals surface area contributed by atoms with Crippen molar-refractivity contribution in [2.75, 3.05) is 5.32 Å². The maximum Gasteiger partial charge on any atom is 0.159 e. The highest BCUT2D eigenvalue weighted by molar-refractivity contribution is 5.88. The van der Waals surface area contributed by atoms with Gasteiger partial charge in [-0.25, -0.2) is 18.7 Å². The molecule has 2 aromatic heterocycles. The molecule has 0 radical (unpaired) electrons. The topological polar surface area (TPSA) is 50.7 Å². The molecule has 0 aliphatic rings. The van der Waals surface area contributed by atoms with Crippen molar-refractivity contribution in [3.05, 3.63) is 59.7 Å². The molecular formula is C16H14F2N4. The van der Waals surface area contributed by atoms with Crippen molar-refractivity contribution in [3.63, 3.8) is 0 Å². The lowest BCUT2D eigenvalue weighted by atomic mass is 10.1. The molecule has 0 unspecified atom stereocenters. The average molecular weight is 300 g/mol. The monoisotopic (exact) mass is 300 g/mol. The van der Waals surface area contributed by atoms with E-state index in [1.54, 1.807) is 25.4 Å². The van der Waals surface area contributed by atoms with Crippen LogP contribution in [0, 0.1) is 18.6 Å². The molecule has 1 N–H and O–H groups in total. The molecule has 0 saturated carbocycles. The summed E-state index contributed by atoms with van der Waals surface area (Å²) in [5, 5.41) is 4.05. The van der Waals surface area contributed by atoms with E-state index in [0.29, 0.717) is 17.2 Å². The van der Waals surface area contributed by atoms with Gasteiger partial charge in [0.2, 0.25) is 0 Å². The molecule has 1 aromatic carbocycles. The van der Waals surface area contributed by atoms with Crippen LogP contribution < -0.4 is 5.32 Å². The third-order valence-electron chi connectivity index (χ3n) is 3.41.